The maximum absolute atomic E-state index is 5.85. The number of aryl methyl sites for hydroxylation is 1. The quantitative estimate of drug-likeness (QED) is 0.631. The van der Waals surface area contributed by atoms with Crippen molar-refractivity contribution in [3.05, 3.63) is 29.8 Å². The van der Waals surface area contributed by atoms with Gasteiger partial charge in [0.2, 0.25) is 0 Å². The van der Waals surface area contributed by atoms with E-state index in [9.17, 15) is 0 Å². The van der Waals surface area contributed by atoms with Crippen LogP contribution in [0.5, 0.6) is 5.75 Å². The van der Waals surface area contributed by atoms with Gasteiger partial charge in [-0.3, -0.25) is 0 Å². The molecule has 0 aliphatic carbocycles. The number of halogens is 1. The molecular formula is C16H28BrNO. The van der Waals surface area contributed by atoms with Crippen LogP contribution in [0, 0.1) is 0 Å². The van der Waals surface area contributed by atoms with Crippen molar-refractivity contribution in [2.45, 2.75) is 34.1 Å². The number of ether oxygens (including phenoxy) is 1. The molecule has 0 aliphatic heterocycles. The van der Waals surface area contributed by atoms with Gasteiger partial charge in [-0.25, -0.2) is 0 Å². The highest BCUT2D eigenvalue weighted by Crippen LogP contribution is 2.13. The lowest BCUT2D eigenvalue weighted by Crippen LogP contribution is -3.00. The second-order valence-corrected chi connectivity index (χ2v) is 4.86. The molecule has 1 rings (SSSR count). The van der Waals surface area contributed by atoms with Gasteiger partial charge < -0.3 is 26.2 Å². The van der Waals surface area contributed by atoms with E-state index < -0.39 is 0 Å². The van der Waals surface area contributed by atoms with E-state index in [2.05, 4.69) is 52.0 Å². The first-order chi connectivity index (χ1) is 8.69. The van der Waals surface area contributed by atoms with Crippen LogP contribution in [0.15, 0.2) is 24.3 Å². The standard InChI is InChI=1S/C16H28NO.BrH/c1-5-15-9-11-16(12-10-15)18-14-13-17(6-2,7-3)8-4;/h9-12H,5-8,13-14H2,1-4H3;1H/q+1;/p-1. The smallest absolute Gasteiger partial charge is 0.137 e. The van der Waals surface area contributed by atoms with Crippen LogP contribution in [-0.2, 0) is 6.42 Å². The molecule has 0 atom stereocenters. The van der Waals surface area contributed by atoms with Gasteiger partial charge in [0.05, 0.1) is 19.6 Å². The van der Waals surface area contributed by atoms with Crippen LogP contribution in [-0.4, -0.2) is 37.3 Å². The van der Waals surface area contributed by atoms with E-state index in [1.165, 1.54) is 25.2 Å². The second-order valence-electron chi connectivity index (χ2n) is 4.86. The molecule has 3 heteroatoms. The van der Waals surface area contributed by atoms with Crippen molar-refractivity contribution in [2.24, 2.45) is 0 Å². The Labute approximate surface area is 129 Å². The van der Waals surface area contributed by atoms with Crippen LogP contribution in [0.1, 0.15) is 33.3 Å². The van der Waals surface area contributed by atoms with Crippen LogP contribution in [0.2, 0.25) is 0 Å². The van der Waals surface area contributed by atoms with E-state index in [1.54, 1.807) is 0 Å². The van der Waals surface area contributed by atoms with Gasteiger partial charge in [-0.15, -0.1) is 0 Å². The Kier molecular flexibility index (Phi) is 9.11. The lowest BCUT2D eigenvalue weighted by Gasteiger charge is -2.35. The number of likely N-dealkylation sites (N-methyl/N-ethyl adjacent to an activating group) is 1. The molecule has 110 valence electrons. The Morgan fingerprint density at radius 2 is 1.42 bits per heavy atom. The molecule has 0 saturated heterocycles. The monoisotopic (exact) mass is 329 g/mol. The number of rotatable bonds is 8. The molecule has 0 saturated carbocycles. The summed E-state index contributed by atoms with van der Waals surface area (Å²) in [5, 5.41) is 0. The van der Waals surface area contributed by atoms with Crippen molar-refractivity contribution in [3.8, 4) is 5.75 Å². The molecule has 0 unspecified atom stereocenters. The minimum atomic E-state index is 0. The van der Waals surface area contributed by atoms with Gasteiger partial charge in [-0.2, -0.15) is 0 Å². The van der Waals surface area contributed by atoms with Crippen molar-refractivity contribution in [2.75, 3.05) is 32.8 Å². The summed E-state index contributed by atoms with van der Waals surface area (Å²) in [6.45, 7) is 14.4. The number of quaternary nitrogens is 1. The molecule has 0 heterocycles. The Morgan fingerprint density at radius 1 is 0.895 bits per heavy atom. The molecule has 19 heavy (non-hydrogen) atoms. The molecule has 0 aliphatic rings. The molecule has 0 aromatic heterocycles. The summed E-state index contributed by atoms with van der Waals surface area (Å²) in [6, 6.07) is 8.46. The predicted molar refractivity (Wildman–Crippen MR) is 78.1 cm³/mol. The molecule has 0 radical (unpaired) electrons. The largest absolute Gasteiger partial charge is 1.00 e. The molecule has 0 fully saturated rings. The van der Waals surface area contributed by atoms with Crippen LogP contribution in [0.25, 0.3) is 0 Å². The van der Waals surface area contributed by atoms with Gasteiger partial charge in [0, 0.05) is 0 Å². The molecule has 0 spiro atoms. The van der Waals surface area contributed by atoms with Gasteiger partial charge >= 0.3 is 0 Å². The number of hydrogen-bond donors (Lipinski definition) is 0. The predicted octanol–water partition coefficient (Wildman–Crippen LogP) is 0.508. The van der Waals surface area contributed by atoms with E-state index in [1.807, 2.05) is 0 Å². The Morgan fingerprint density at radius 3 is 1.84 bits per heavy atom. The average Bonchev–Trinajstić information content (AvgIpc) is 2.45. The molecule has 2 nitrogen and oxygen atoms in total. The van der Waals surface area contributed by atoms with Gasteiger partial charge in [0.15, 0.2) is 0 Å². The first-order valence-electron chi connectivity index (χ1n) is 7.26. The summed E-state index contributed by atoms with van der Waals surface area (Å²) in [6.07, 6.45) is 1.09. The van der Waals surface area contributed by atoms with Crippen LogP contribution >= 0.6 is 0 Å². The van der Waals surface area contributed by atoms with Crippen molar-refractivity contribution in [3.63, 3.8) is 0 Å². The van der Waals surface area contributed by atoms with Crippen LogP contribution in [0.3, 0.4) is 0 Å². The normalized spacial score (nSPS) is 10.9. The fraction of sp³-hybridized carbons (Fsp3) is 0.625. The molecule has 0 bridgehead atoms. The summed E-state index contributed by atoms with van der Waals surface area (Å²) >= 11 is 0. The molecule has 1 aromatic rings. The second kappa shape index (κ2) is 9.38. The highest BCUT2D eigenvalue weighted by molar-refractivity contribution is 5.27. The third kappa shape index (κ3) is 5.53. The fourth-order valence-electron chi connectivity index (χ4n) is 2.32. The Bertz CT molecular complexity index is 325. The Balaban J connectivity index is 0.00000324. The zero-order chi connectivity index (χ0) is 13.4. The number of nitrogens with zero attached hydrogens (tertiary/aromatic N) is 1. The van der Waals surface area contributed by atoms with Crippen LogP contribution in [0.4, 0.5) is 0 Å². The van der Waals surface area contributed by atoms with E-state index >= 15 is 0 Å². The van der Waals surface area contributed by atoms with Crippen molar-refractivity contribution in [1.29, 1.82) is 0 Å². The summed E-state index contributed by atoms with van der Waals surface area (Å²) in [5.41, 5.74) is 1.36. The maximum Gasteiger partial charge on any atom is 0.137 e. The SMILES string of the molecule is CCc1ccc(OCC[N+](CC)(CC)CC)cc1.[Br-]. The first-order valence-corrected chi connectivity index (χ1v) is 7.26. The highest BCUT2D eigenvalue weighted by atomic mass is 79.9. The van der Waals surface area contributed by atoms with Gasteiger partial charge in [-0.05, 0) is 44.9 Å². The average molecular weight is 330 g/mol. The molecular weight excluding hydrogens is 302 g/mol. The minimum absolute atomic E-state index is 0. The zero-order valence-electron chi connectivity index (χ0n) is 12.8. The fourth-order valence-corrected chi connectivity index (χ4v) is 2.32. The van der Waals surface area contributed by atoms with E-state index in [0.717, 1.165) is 29.8 Å². The minimum Gasteiger partial charge on any atom is -1.00 e. The van der Waals surface area contributed by atoms with E-state index in [0.29, 0.717) is 0 Å². The van der Waals surface area contributed by atoms with E-state index in [-0.39, 0.29) is 17.0 Å². The zero-order valence-corrected chi connectivity index (χ0v) is 14.4. The molecule has 1 aromatic carbocycles. The Hall–Kier alpha value is -0.540. The van der Waals surface area contributed by atoms with Gasteiger partial charge in [-0.1, -0.05) is 19.1 Å². The lowest BCUT2D eigenvalue weighted by molar-refractivity contribution is -0.923. The summed E-state index contributed by atoms with van der Waals surface area (Å²) in [7, 11) is 0. The summed E-state index contributed by atoms with van der Waals surface area (Å²) in [5.74, 6) is 0.994. The first kappa shape index (κ1) is 18.5. The van der Waals surface area contributed by atoms with Crippen molar-refractivity contribution in [1.82, 2.24) is 0 Å². The number of hydrogen-bond acceptors (Lipinski definition) is 1. The third-order valence-electron chi connectivity index (χ3n) is 4.18. The summed E-state index contributed by atoms with van der Waals surface area (Å²) in [4.78, 5) is 0. The van der Waals surface area contributed by atoms with Crippen molar-refractivity contribution >= 4 is 0 Å². The number of benzene rings is 1. The lowest BCUT2D eigenvalue weighted by atomic mass is 10.2. The maximum atomic E-state index is 5.85. The highest BCUT2D eigenvalue weighted by Gasteiger charge is 2.20. The molecule has 0 N–H and O–H groups in total. The van der Waals surface area contributed by atoms with Crippen LogP contribution < -0.4 is 21.7 Å². The topological polar surface area (TPSA) is 9.23 Å². The van der Waals surface area contributed by atoms with Gasteiger partial charge in [0.25, 0.3) is 0 Å². The third-order valence-corrected chi connectivity index (χ3v) is 4.18. The van der Waals surface area contributed by atoms with Gasteiger partial charge in [0.1, 0.15) is 18.9 Å². The summed E-state index contributed by atoms with van der Waals surface area (Å²) < 4.78 is 7.00. The van der Waals surface area contributed by atoms with Crippen molar-refractivity contribution < 1.29 is 26.2 Å². The van der Waals surface area contributed by atoms with E-state index in [4.69, 9.17) is 4.74 Å². The molecule has 0 amide bonds.